The molecule has 0 bridgehead atoms. The monoisotopic (exact) mass is 376 g/mol. The molecular weight excluding hydrogens is 357 g/mol. The number of hydrogen-bond donors (Lipinski definition) is 2. The van der Waals surface area contributed by atoms with E-state index in [4.69, 9.17) is 5.73 Å². The standard InChI is InChI=1S/C18H19F3N6/c1-10-8-27(9-11(10)7-22)14-5-4-13(18(19,20)21)16(24-14)15-12-3-2-6-23-17(12)26-25-15/h2-6,10-11H,7-9,22H2,1H3,(H,23,25,26). The van der Waals surface area contributed by atoms with Crippen LogP contribution in [0.5, 0.6) is 0 Å². The van der Waals surface area contributed by atoms with Crippen LogP contribution in [0, 0.1) is 11.8 Å². The average molecular weight is 376 g/mol. The van der Waals surface area contributed by atoms with Crippen LogP contribution >= 0.6 is 0 Å². The van der Waals surface area contributed by atoms with E-state index >= 15 is 0 Å². The first-order valence-electron chi connectivity index (χ1n) is 8.71. The number of H-pyrrole nitrogens is 1. The van der Waals surface area contributed by atoms with Crippen LogP contribution in [0.1, 0.15) is 12.5 Å². The molecule has 0 saturated carbocycles. The van der Waals surface area contributed by atoms with Gasteiger partial charge in [-0.1, -0.05) is 6.92 Å². The molecule has 0 amide bonds. The van der Waals surface area contributed by atoms with Gasteiger partial charge in [-0.3, -0.25) is 5.10 Å². The predicted octanol–water partition coefficient (Wildman–Crippen LogP) is 3.07. The summed E-state index contributed by atoms with van der Waals surface area (Å²) in [4.78, 5) is 10.5. The van der Waals surface area contributed by atoms with E-state index in [9.17, 15) is 13.2 Å². The zero-order valence-corrected chi connectivity index (χ0v) is 14.7. The van der Waals surface area contributed by atoms with E-state index in [1.54, 1.807) is 18.3 Å². The highest BCUT2D eigenvalue weighted by Crippen LogP contribution is 2.39. The van der Waals surface area contributed by atoms with Crippen molar-refractivity contribution in [2.24, 2.45) is 17.6 Å². The molecule has 1 aliphatic heterocycles. The van der Waals surface area contributed by atoms with Crippen molar-refractivity contribution in [1.82, 2.24) is 20.2 Å². The Morgan fingerprint density at radius 3 is 2.74 bits per heavy atom. The lowest BCUT2D eigenvalue weighted by Crippen LogP contribution is -2.24. The molecule has 3 N–H and O–H groups in total. The maximum absolute atomic E-state index is 13.6. The Morgan fingerprint density at radius 1 is 1.22 bits per heavy atom. The van der Waals surface area contributed by atoms with Crippen molar-refractivity contribution in [2.75, 3.05) is 24.5 Å². The Balaban J connectivity index is 1.83. The highest BCUT2D eigenvalue weighted by Gasteiger charge is 2.37. The van der Waals surface area contributed by atoms with Crippen molar-refractivity contribution in [1.29, 1.82) is 0 Å². The molecule has 0 aromatic carbocycles. The van der Waals surface area contributed by atoms with Crippen LogP contribution in [-0.4, -0.2) is 39.8 Å². The molecule has 2 atom stereocenters. The molecule has 3 aromatic rings. The van der Waals surface area contributed by atoms with Gasteiger partial charge < -0.3 is 10.6 Å². The fraction of sp³-hybridized carbons (Fsp3) is 0.389. The van der Waals surface area contributed by atoms with Gasteiger partial charge in [-0.15, -0.1) is 0 Å². The molecule has 0 aliphatic carbocycles. The number of aromatic amines is 1. The van der Waals surface area contributed by atoms with Gasteiger partial charge in [0.2, 0.25) is 0 Å². The second kappa shape index (κ2) is 6.49. The number of fused-ring (bicyclic) bond motifs is 1. The Kier molecular flexibility index (Phi) is 4.26. The largest absolute Gasteiger partial charge is 0.418 e. The van der Waals surface area contributed by atoms with Gasteiger partial charge in [0.25, 0.3) is 0 Å². The minimum absolute atomic E-state index is 0.148. The van der Waals surface area contributed by atoms with Gasteiger partial charge in [0.1, 0.15) is 17.2 Å². The quantitative estimate of drug-likeness (QED) is 0.734. The Hall–Kier alpha value is -2.68. The lowest BCUT2D eigenvalue weighted by atomic mass is 9.99. The summed E-state index contributed by atoms with van der Waals surface area (Å²) in [6, 6.07) is 5.84. The second-order valence-electron chi connectivity index (χ2n) is 6.91. The fourth-order valence-electron chi connectivity index (χ4n) is 3.60. The summed E-state index contributed by atoms with van der Waals surface area (Å²) in [6.45, 7) is 4.02. The Bertz CT molecular complexity index is 967. The lowest BCUT2D eigenvalue weighted by molar-refractivity contribution is -0.137. The van der Waals surface area contributed by atoms with Crippen LogP contribution in [0.2, 0.25) is 0 Å². The molecule has 3 aromatic heterocycles. The van der Waals surface area contributed by atoms with Gasteiger partial charge in [0.15, 0.2) is 5.65 Å². The van der Waals surface area contributed by atoms with Crippen molar-refractivity contribution >= 4 is 16.9 Å². The molecule has 9 heteroatoms. The van der Waals surface area contributed by atoms with Crippen molar-refractivity contribution in [3.05, 3.63) is 36.0 Å². The molecule has 1 aliphatic rings. The number of nitrogens with zero attached hydrogens (tertiary/aromatic N) is 4. The van der Waals surface area contributed by atoms with Gasteiger partial charge in [-0.2, -0.15) is 18.3 Å². The van der Waals surface area contributed by atoms with Crippen LogP contribution < -0.4 is 10.6 Å². The van der Waals surface area contributed by atoms with Crippen molar-refractivity contribution in [2.45, 2.75) is 13.1 Å². The second-order valence-corrected chi connectivity index (χ2v) is 6.91. The van der Waals surface area contributed by atoms with Crippen LogP contribution in [-0.2, 0) is 6.18 Å². The van der Waals surface area contributed by atoms with E-state index in [1.807, 2.05) is 4.90 Å². The van der Waals surface area contributed by atoms with Gasteiger partial charge >= 0.3 is 6.18 Å². The minimum atomic E-state index is -4.54. The number of nitrogens with one attached hydrogen (secondary N) is 1. The first-order chi connectivity index (χ1) is 12.9. The van der Waals surface area contributed by atoms with Gasteiger partial charge in [0.05, 0.1) is 5.56 Å². The lowest BCUT2D eigenvalue weighted by Gasteiger charge is -2.20. The topological polar surface area (TPSA) is 83.7 Å². The highest BCUT2D eigenvalue weighted by atomic mass is 19.4. The van der Waals surface area contributed by atoms with Crippen LogP contribution in [0.3, 0.4) is 0 Å². The molecule has 1 fully saturated rings. The summed E-state index contributed by atoms with van der Waals surface area (Å²) in [6.07, 6.45) is -2.98. The summed E-state index contributed by atoms with van der Waals surface area (Å²) in [5, 5.41) is 7.25. The first kappa shape index (κ1) is 17.7. The predicted molar refractivity (Wildman–Crippen MR) is 96.0 cm³/mol. The van der Waals surface area contributed by atoms with E-state index in [2.05, 4.69) is 27.1 Å². The Morgan fingerprint density at radius 2 is 2.04 bits per heavy atom. The molecule has 4 rings (SSSR count). The van der Waals surface area contributed by atoms with Crippen LogP contribution in [0.4, 0.5) is 19.0 Å². The third kappa shape index (κ3) is 3.12. The number of aromatic nitrogens is 4. The summed E-state index contributed by atoms with van der Waals surface area (Å²) in [5.41, 5.74) is 5.36. The average Bonchev–Trinajstić information content (AvgIpc) is 3.23. The summed E-state index contributed by atoms with van der Waals surface area (Å²) < 4.78 is 40.8. The maximum atomic E-state index is 13.6. The minimum Gasteiger partial charge on any atom is -0.356 e. The van der Waals surface area contributed by atoms with Gasteiger partial charge in [0, 0.05) is 24.7 Å². The molecule has 4 heterocycles. The van der Waals surface area contributed by atoms with E-state index in [-0.39, 0.29) is 11.4 Å². The van der Waals surface area contributed by atoms with Crippen LogP contribution in [0.15, 0.2) is 30.5 Å². The van der Waals surface area contributed by atoms with E-state index < -0.39 is 11.7 Å². The highest BCUT2D eigenvalue weighted by molar-refractivity contribution is 5.90. The SMILES string of the molecule is CC1CN(c2ccc(C(F)(F)F)c(-c3n[nH]c4ncccc34)n2)CC1CN. The molecular formula is C18H19F3N6. The van der Waals surface area contributed by atoms with Gasteiger partial charge in [-0.25, -0.2) is 9.97 Å². The van der Waals surface area contributed by atoms with Crippen molar-refractivity contribution < 1.29 is 13.2 Å². The number of halogens is 3. The number of hydrogen-bond acceptors (Lipinski definition) is 5. The normalized spacial score (nSPS) is 20.6. The van der Waals surface area contributed by atoms with Gasteiger partial charge in [-0.05, 0) is 42.6 Å². The summed E-state index contributed by atoms with van der Waals surface area (Å²) in [7, 11) is 0. The molecule has 2 unspecified atom stereocenters. The summed E-state index contributed by atoms with van der Waals surface area (Å²) in [5.74, 6) is 1.16. The molecule has 142 valence electrons. The fourth-order valence-corrected chi connectivity index (χ4v) is 3.60. The number of nitrogens with two attached hydrogens (primary N) is 1. The zero-order chi connectivity index (χ0) is 19.2. The molecule has 6 nitrogen and oxygen atoms in total. The maximum Gasteiger partial charge on any atom is 0.418 e. The number of rotatable bonds is 3. The third-order valence-electron chi connectivity index (χ3n) is 5.14. The first-order valence-corrected chi connectivity index (χ1v) is 8.71. The smallest absolute Gasteiger partial charge is 0.356 e. The molecule has 1 saturated heterocycles. The Labute approximate surface area is 153 Å². The van der Waals surface area contributed by atoms with Crippen molar-refractivity contribution in [3.63, 3.8) is 0 Å². The van der Waals surface area contributed by atoms with Crippen molar-refractivity contribution in [3.8, 4) is 11.4 Å². The zero-order valence-electron chi connectivity index (χ0n) is 14.7. The summed E-state index contributed by atoms with van der Waals surface area (Å²) >= 11 is 0. The number of pyridine rings is 2. The molecule has 0 spiro atoms. The molecule has 0 radical (unpaired) electrons. The van der Waals surface area contributed by atoms with E-state index in [0.717, 1.165) is 6.07 Å². The van der Waals surface area contributed by atoms with E-state index in [0.29, 0.717) is 48.3 Å². The third-order valence-corrected chi connectivity index (χ3v) is 5.14. The number of alkyl halides is 3. The number of anilines is 1. The molecule has 27 heavy (non-hydrogen) atoms. The van der Waals surface area contributed by atoms with E-state index in [1.165, 1.54) is 6.07 Å². The van der Waals surface area contributed by atoms with Crippen LogP contribution in [0.25, 0.3) is 22.4 Å².